The standard InChI is InChI=1S/C7H13NO2/c1-5(6(2)9)4-7(10)8-3/h5H,4H2,1-3H3,(H,8,10)/t5-/m0/s1. The zero-order valence-electron chi connectivity index (χ0n) is 6.60. The zero-order valence-corrected chi connectivity index (χ0v) is 6.60. The van der Waals surface area contributed by atoms with E-state index in [1.54, 1.807) is 14.0 Å². The molecule has 0 saturated carbocycles. The molecule has 0 saturated heterocycles. The van der Waals surface area contributed by atoms with Gasteiger partial charge < -0.3 is 5.32 Å². The first-order chi connectivity index (χ1) is 4.57. The Bertz CT molecular complexity index is 143. The lowest BCUT2D eigenvalue weighted by Gasteiger charge is -2.04. The van der Waals surface area contributed by atoms with E-state index in [1.165, 1.54) is 6.92 Å². The van der Waals surface area contributed by atoms with Gasteiger partial charge in [0.05, 0.1) is 0 Å². The summed E-state index contributed by atoms with van der Waals surface area (Å²) < 4.78 is 0. The fourth-order valence-electron chi connectivity index (χ4n) is 0.524. The summed E-state index contributed by atoms with van der Waals surface area (Å²) in [5, 5.41) is 2.46. The van der Waals surface area contributed by atoms with Gasteiger partial charge in [-0.25, -0.2) is 0 Å². The van der Waals surface area contributed by atoms with Crippen molar-refractivity contribution in [3.05, 3.63) is 0 Å². The second kappa shape index (κ2) is 4.04. The predicted molar refractivity (Wildman–Crippen MR) is 38.5 cm³/mol. The average molecular weight is 143 g/mol. The molecule has 10 heavy (non-hydrogen) atoms. The summed E-state index contributed by atoms with van der Waals surface area (Å²) in [6.07, 6.45) is 0.297. The molecule has 0 rings (SSSR count). The average Bonchev–Trinajstić information content (AvgIpc) is 1.87. The van der Waals surface area contributed by atoms with Gasteiger partial charge >= 0.3 is 0 Å². The molecule has 0 fully saturated rings. The monoisotopic (exact) mass is 143 g/mol. The van der Waals surface area contributed by atoms with Crippen LogP contribution in [0.3, 0.4) is 0 Å². The van der Waals surface area contributed by atoms with Crippen molar-refractivity contribution in [3.8, 4) is 0 Å². The van der Waals surface area contributed by atoms with Gasteiger partial charge in [-0.1, -0.05) is 6.92 Å². The van der Waals surface area contributed by atoms with E-state index in [4.69, 9.17) is 0 Å². The van der Waals surface area contributed by atoms with Crippen molar-refractivity contribution in [2.45, 2.75) is 20.3 Å². The van der Waals surface area contributed by atoms with Crippen LogP contribution in [0.15, 0.2) is 0 Å². The number of hydrogen-bond donors (Lipinski definition) is 1. The van der Waals surface area contributed by atoms with Crippen molar-refractivity contribution in [2.75, 3.05) is 7.05 Å². The molecule has 0 aliphatic carbocycles. The molecule has 0 radical (unpaired) electrons. The van der Waals surface area contributed by atoms with Crippen LogP contribution >= 0.6 is 0 Å². The zero-order chi connectivity index (χ0) is 8.15. The number of amides is 1. The maximum Gasteiger partial charge on any atom is 0.220 e. The Hall–Kier alpha value is -0.860. The highest BCUT2D eigenvalue weighted by molar-refractivity contribution is 5.85. The molecule has 0 unspecified atom stereocenters. The largest absolute Gasteiger partial charge is 0.359 e. The highest BCUT2D eigenvalue weighted by Crippen LogP contribution is 2.01. The normalized spacial score (nSPS) is 12.3. The molecule has 0 aliphatic rings. The Balaban J connectivity index is 3.68. The van der Waals surface area contributed by atoms with Crippen molar-refractivity contribution in [1.82, 2.24) is 5.32 Å². The summed E-state index contributed by atoms with van der Waals surface area (Å²) in [4.78, 5) is 21.3. The number of ketones is 1. The number of rotatable bonds is 3. The van der Waals surface area contributed by atoms with E-state index in [2.05, 4.69) is 5.32 Å². The third-order valence-corrected chi connectivity index (χ3v) is 1.46. The minimum atomic E-state index is -0.153. The summed E-state index contributed by atoms with van der Waals surface area (Å²) in [5.74, 6) is -0.175. The summed E-state index contributed by atoms with van der Waals surface area (Å²) in [7, 11) is 1.56. The van der Waals surface area contributed by atoms with E-state index in [1.807, 2.05) is 0 Å². The molecular weight excluding hydrogens is 130 g/mol. The Labute approximate surface area is 60.8 Å². The fourth-order valence-corrected chi connectivity index (χ4v) is 0.524. The van der Waals surface area contributed by atoms with E-state index in [-0.39, 0.29) is 17.6 Å². The highest BCUT2D eigenvalue weighted by atomic mass is 16.2. The van der Waals surface area contributed by atoms with Crippen molar-refractivity contribution in [1.29, 1.82) is 0 Å². The Morgan fingerprint density at radius 1 is 1.50 bits per heavy atom. The predicted octanol–water partition coefficient (Wildman–Crippen LogP) is 0.348. The molecule has 0 aliphatic heterocycles. The molecule has 3 heteroatoms. The summed E-state index contributed by atoms with van der Waals surface area (Å²) in [6.45, 7) is 3.24. The highest BCUT2D eigenvalue weighted by Gasteiger charge is 2.10. The first kappa shape index (κ1) is 9.14. The maximum atomic E-state index is 10.7. The van der Waals surface area contributed by atoms with E-state index >= 15 is 0 Å². The summed E-state index contributed by atoms with van der Waals surface area (Å²) in [5.41, 5.74) is 0. The summed E-state index contributed by atoms with van der Waals surface area (Å²) in [6, 6.07) is 0. The number of Topliss-reactive ketones (excluding diaryl/α,β-unsaturated/α-hetero) is 1. The molecule has 0 bridgehead atoms. The Morgan fingerprint density at radius 2 is 2.00 bits per heavy atom. The Kier molecular flexibility index (Phi) is 3.69. The molecule has 1 N–H and O–H groups in total. The van der Waals surface area contributed by atoms with Crippen molar-refractivity contribution in [2.24, 2.45) is 5.92 Å². The lowest BCUT2D eigenvalue weighted by molar-refractivity contribution is -0.127. The quantitative estimate of drug-likeness (QED) is 0.619. The van der Waals surface area contributed by atoms with Crippen molar-refractivity contribution in [3.63, 3.8) is 0 Å². The molecule has 58 valence electrons. The van der Waals surface area contributed by atoms with Crippen LogP contribution in [0.4, 0.5) is 0 Å². The third kappa shape index (κ3) is 3.22. The molecule has 0 aromatic rings. The topological polar surface area (TPSA) is 46.2 Å². The van der Waals surface area contributed by atoms with Gasteiger partial charge in [0.1, 0.15) is 5.78 Å². The molecule has 1 atom stereocenters. The van der Waals surface area contributed by atoms with Gasteiger partial charge in [-0.15, -0.1) is 0 Å². The molecule has 0 aromatic heterocycles. The number of carbonyl (C=O) groups is 2. The van der Waals surface area contributed by atoms with Gasteiger partial charge in [0.2, 0.25) is 5.91 Å². The van der Waals surface area contributed by atoms with Crippen LogP contribution in [0.5, 0.6) is 0 Å². The van der Waals surface area contributed by atoms with Gasteiger partial charge in [0, 0.05) is 19.4 Å². The first-order valence-electron chi connectivity index (χ1n) is 3.29. The van der Waals surface area contributed by atoms with Crippen molar-refractivity contribution < 1.29 is 9.59 Å². The van der Waals surface area contributed by atoms with E-state index < -0.39 is 0 Å². The number of nitrogens with one attached hydrogen (secondary N) is 1. The van der Waals surface area contributed by atoms with E-state index in [9.17, 15) is 9.59 Å². The lowest BCUT2D eigenvalue weighted by atomic mass is 10.0. The number of hydrogen-bond acceptors (Lipinski definition) is 2. The van der Waals surface area contributed by atoms with E-state index in [0.29, 0.717) is 6.42 Å². The van der Waals surface area contributed by atoms with Crippen LogP contribution in [-0.4, -0.2) is 18.7 Å². The van der Waals surface area contributed by atoms with Gasteiger partial charge in [-0.2, -0.15) is 0 Å². The van der Waals surface area contributed by atoms with E-state index in [0.717, 1.165) is 0 Å². The SMILES string of the molecule is CNC(=O)C[C@H](C)C(C)=O. The molecule has 1 amide bonds. The molecule has 0 heterocycles. The summed E-state index contributed by atoms with van der Waals surface area (Å²) >= 11 is 0. The van der Waals surface area contributed by atoms with Gasteiger partial charge in [0.15, 0.2) is 0 Å². The minimum absolute atomic E-state index is 0.0589. The van der Waals surface area contributed by atoms with Crippen LogP contribution in [0.1, 0.15) is 20.3 Å². The van der Waals surface area contributed by atoms with Crippen molar-refractivity contribution >= 4 is 11.7 Å². The molecular formula is C7H13NO2. The van der Waals surface area contributed by atoms with Crippen LogP contribution in [-0.2, 0) is 9.59 Å². The first-order valence-corrected chi connectivity index (χ1v) is 3.29. The van der Waals surface area contributed by atoms with Crippen LogP contribution in [0.2, 0.25) is 0 Å². The number of carbonyl (C=O) groups excluding carboxylic acids is 2. The Morgan fingerprint density at radius 3 is 2.30 bits per heavy atom. The molecule has 0 spiro atoms. The molecule has 3 nitrogen and oxygen atoms in total. The smallest absolute Gasteiger partial charge is 0.220 e. The van der Waals surface area contributed by atoms with Gasteiger partial charge in [-0.3, -0.25) is 9.59 Å². The van der Waals surface area contributed by atoms with Crippen LogP contribution < -0.4 is 5.32 Å². The second-order valence-electron chi connectivity index (χ2n) is 2.39. The van der Waals surface area contributed by atoms with Gasteiger partial charge in [-0.05, 0) is 6.92 Å². The minimum Gasteiger partial charge on any atom is -0.359 e. The maximum absolute atomic E-state index is 10.7. The molecule has 0 aromatic carbocycles. The van der Waals surface area contributed by atoms with Crippen LogP contribution in [0, 0.1) is 5.92 Å². The fraction of sp³-hybridized carbons (Fsp3) is 0.714. The van der Waals surface area contributed by atoms with Crippen LogP contribution in [0.25, 0.3) is 0 Å². The third-order valence-electron chi connectivity index (χ3n) is 1.46. The van der Waals surface area contributed by atoms with Gasteiger partial charge in [0.25, 0.3) is 0 Å². The second-order valence-corrected chi connectivity index (χ2v) is 2.39. The lowest BCUT2D eigenvalue weighted by Crippen LogP contribution is -2.22.